The van der Waals surface area contributed by atoms with Gasteiger partial charge in [-0.1, -0.05) is 6.92 Å². The van der Waals surface area contributed by atoms with Gasteiger partial charge in [-0.2, -0.15) is 16.6 Å². The molecular formula is C12H18N2S. The Hall–Kier alpha value is -0.850. The molecule has 0 bridgehead atoms. The Morgan fingerprint density at radius 2 is 2.40 bits per heavy atom. The van der Waals surface area contributed by atoms with Crippen LogP contribution in [0.1, 0.15) is 19.4 Å². The van der Waals surface area contributed by atoms with Gasteiger partial charge in [0.15, 0.2) is 0 Å². The van der Waals surface area contributed by atoms with Crippen LogP contribution in [0, 0.1) is 17.2 Å². The minimum absolute atomic E-state index is 0.132. The Labute approximate surface area is 96.1 Å². The first-order chi connectivity index (χ1) is 7.26. The Kier molecular flexibility index (Phi) is 5.38. The van der Waals surface area contributed by atoms with Gasteiger partial charge in [0.25, 0.3) is 0 Å². The van der Waals surface area contributed by atoms with Crippen LogP contribution in [0.2, 0.25) is 0 Å². The number of thiophene rings is 1. The molecule has 0 N–H and O–H groups in total. The van der Waals surface area contributed by atoms with Crippen molar-refractivity contribution in [1.82, 2.24) is 4.90 Å². The molecule has 0 aliphatic heterocycles. The van der Waals surface area contributed by atoms with Crippen LogP contribution in [-0.4, -0.2) is 24.5 Å². The first kappa shape index (κ1) is 12.2. The summed E-state index contributed by atoms with van der Waals surface area (Å²) >= 11 is 1.75. The van der Waals surface area contributed by atoms with E-state index in [0.717, 1.165) is 26.1 Å². The molecule has 2 nitrogen and oxygen atoms in total. The third kappa shape index (κ3) is 4.46. The molecule has 0 aliphatic carbocycles. The van der Waals surface area contributed by atoms with E-state index in [1.54, 1.807) is 11.3 Å². The second kappa shape index (κ2) is 6.60. The number of rotatable bonds is 6. The van der Waals surface area contributed by atoms with Crippen LogP contribution < -0.4 is 0 Å². The van der Waals surface area contributed by atoms with Crippen molar-refractivity contribution in [2.45, 2.75) is 20.3 Å². The second-order valence-corrected chi connectivity index (χ2v) is 4.59. The summed E-state index contributed by atoms with van der Waals surface area (Å²) < 4.78 is 0. The average Bonchev–Trinajstić information content (AvgIpc) is 2.76. The summed E-state index contributed by atoms with van der Waals surface area (Å²) in [5.74, 6) is 0.132. The highest BCUT2D eigenvalue weighted by Crippen LogP contribution is 2.08. The lowest BCUT2D eigenvalue weighted by molar-refractivity contribution is 0.272. The molecule has 0 fully saturated rings. The molecule has 1 rings (SSSR count). The van der Waals surface area contributed by atoms with E-state index in [1.807, 2.05) is 6.92 Å². The smallest absolute Gasteiger partial charge is 0.0666 e. The van der Waals surface area contributed by atoms with Gasteiger partial charge in [0.2, 0.25) is 0 Å². The van der Waals surface area contributed by atoms with Crippen molar-refractivity contribution < 1.29 is 0 Å². The molecular weight excluding hydrogens is 204 g/mol. The van der Waals surface area contributed by atoms with Gasteiger partial charge in [0.05, 0.1) is 12.0 Å². The molecule has 0 aliphatic rings. The van der Waals surface area contributed by atoms with Crippen LogP contribution in [-0.2, 0) is 6.42 Å². The molecule has 3 heteroatoms. The van der Waals surface area contributed by atoms with Crippen molar-refractivity contribution in [3.8, 4) is 6.07 Å². The zero-order valence-electron chi connectivity index (χ0n) is 9.44. The quantitative estimate of drug-likeness (QED) is 0.740. The number of likely N-dealkylation sites (N-methyl/N-ethyl adjacent to an activating group) is 1. The molecule has 1 atom stereocenters. The molecule has 0 spiro atoms. The average molecular weight is 222 g/mol. The Bertz CT molecular complexity index is 300. The van der Waals surface area contributed by atoms with E-state index < -0.39 is 0 Å². The lowest BCUT2D eigenvalue weighted by Crippen LogP contribution is -2.30. The Morgan fingerprint density at radius 3 is 2.93 bits per heavy atom. The van der Waals surface area contributed by atoms with Crippen molar-refractivity contribution in [3.05, 3.63) is 22.4 Å². The molecule has 1 unspecified atom stereocenters. The van der Waals surface area contributed by atoms with Gasteiger partial charge in [-0.05, 0) is 42.3 Å². The number of nitrogens with zero attached hydrogens (tertiary/aromatic N) is 2. The van der Waals surface area contributed by atoms with Crippen LogP contribution in [0.25, 0.3) is 0 Å². The monoisotopic (exact) mass is 222 g/mol. The maximum Gasteiger partial charge on any atom is 0.0666 e. The molecule has 0 saturated carbocycles. The summed E-state index contributed by atoms with van der Waals surface area (Å²) in [6.07, 6.45) is 1.09. The van der Waals surface area contributed by atoms with Crippen LogP contribution >= 0.6 is 11.3 Å². The van der Waals surface area contributed by atoms with Gasteiger partial charge in [0.1, 0.15) is 0 Å². The summed E-state index contributed by atoms with van der Waals surface area (Å²) in [5.41, 5.74) is 1.41. The van der Waals surface area contributed by atoms with Crippen molar-refractivity contribution in [2.75, 3.05) is 19.6 Å². The molecule has 1 heterocycles. The van der Waals surface area contributed by atoms with Crippen LogP contribution in [0.3, 0.4) is 0 Å². The van der Waals surface area contributed by atoms with E-state index in [2.05, 4.69) is 34.7 Å². The normalized spacial score (nSPS) is 12.7. The van der Waals surface area contributed by atoms with Crippen molar-refractivity contribution in [2.24, 2.45) is 5.92 Å². The third-order valence-corrected chi connectivity index (χ3v) is 3.23. The van der Waals surface area contributed by atoms with Gasteiger partial charge in [-0.3, -0.25) is 0 Å². The fourth-order valence-electron chi connectivity index (χ4n) is 1.53. The third-order valence-electron chi connectivity index (χ3n) is 2.50. The number of hydrogen-bond acceptors (Lipinski definition) is 3. The van der Waals surface area contributed by atoms with Crippen LogP contribution in [0.15, 0.2) is 16.8 Å². The molecule has 0 aromatic carbocycles. The summed E-state index contributed by atoms with van der Waals surface area (Å²) in [7, 11) is 0. The summed E-state index contributed by atoms with van der Waals surface area (Å²) in [6, 6.07) is 4.46. The molecule has 0 radical (unpaired) electrons. The van der Waals surface area contributed by atoms with Gasteiger partial charge >= 0.3 is 0 Å². The predicted molar refractivity (Wildman–Crippen MR) is 64.9 cm³/mol. The molecule has 0 saturated heterocycles. The highest BCUT2D eigenvalue weighted by Gasteiger charge is 2.07. The van der Waals surface area contributed by atoms with Crippen molar-refractivity contribution in [1.29, 1.82) is 5.26 Å². The molecule has 82 valence electrons. The van der Waals surface area contributed by atoms with Gasteiger partial charge in [-0.25, -0.2) is 0 Å². The maximum atomic E-state index is 8.76. The first-order valence-corrected chi connectivity index (χ1v) is 6.33. The van der Waals surface area contributed by atoms with E-state index in [1.165, 1.54) is 5.56 Å². The summed E-state index contributed by atoms with van der Waals surface area (Å²) in [5, 5.41) is 13.1. The number of hydrogen-bond donors (Lipinski definition) is 0. The van der Waals surface area contributed by atoms with Crippen LogP contribution in [0.4, 0.5) is 0 Å². The highest BCUT2D eigenvalue weighted by atomic mass is 32.1. The summed E-state index contributed by atoms with van der Waals surface area (Å²) in [6.45, 7) is 7.09. The SMILES string of the molecule is CCN(CCc1ccsc1)CC(C)C#N. The van der Waals surface area contributed by atoms with Gasteiger partial charge < -0.3 is 4.90 Å². The second-order valence-electron chi connectivity index (χ2n) is 3.80. The lowest BCUT2D eigenvalue weighted by Gasteiger charge is -2.20. The van der Waals surface area contributed by atoms with Crippen molar-refractivity contribution in [3.63, 3.8) is 0 Å². The fraction of sp³-hybridized carbons (Fsp3) is 0.583. The number of nitriles is 1. The highest BCUT2D eigenvalue weighted by molar-refractivity contribution is 7.07. The first-order valence-electron chi connectivity index (χ1n) is 5.39. The zero-order chi connectivity index (χ0) is 11.1. The van der Waals surface area contributed by atoms with E-state index in [4.69, 9.17) is 5.26 Å². The van der Waals surface area contributed by atoms with E-state index >= 15 is 0 Å². The Morgan fingerprint density at radius 1 is 1.60 bits per heavy atom. The van der Waals surface area contributed by atoms with Gasteiger partial charge in [0, 0.05) is 13.1 Å². The van der Waals surface area contributed by atoms with Crippen LogP contribution in [0.5, 0.6) is 0 Å². The summed E-state index contributed by atoms with van der Waals surface area (Å²) in [4.78, 5) is 2.34. The topological polar surface area (TPSA) is 27.0 Å². The Balaban J connectivity index is 2.31. The van der Waals surface area contributed by atoms with E-state index in [-0.39, 0.29) is 5.92 Å². The molecule has 1 aromatic rings. The largest absolute Gasteiger partial charge is 0.302 e. The zero-order valence-corrected chi connectivity index (χ0v) is 10.3. The van der Waals surface area contributed by atoms with E-state index in [0.29, 0.717) is 0 Å². The van der Waals surface area contributed by atoms with Gasteiger partial charge in [-0.15, -0.1) is 0 Å². The van der Waals surface area contributed by atoms with Crippen molar-refractivity contribution >= 4 is 11.3 Å². The fourth-order valence-corrected chi connectivity index (χ4v) is 2.23. The molecule has 1 aromatic heterocycles. The maximum absolute atomic E-state index is 8.76. The molecule has 0 amide bonds. The standard InChI is InChI=1S/C12H18N2S/c1-3-14(9-11(2)8-13)6-4-12-5-7-15-10-12/h5,7,10-11H,3-4,6,9H2,1-2H3. The minimum atomic E-state index is 0.132. The van der Waals surface area contributed by atoms with E-state index in [9.17, 15) is 0 Å². The minimum Gasteiger partial charge on any atom is -0.302 e. The lowest BCUT2D eigenvalue weighted by atomic mass is 10.1. The predicted octanol–water partition coefficient (Wildman–Crippen LogP) is 2.77. The molecule has 15 heavy (non-hydrogen) atoms.